The van der Waals surface area contributed by atoms with Gasteiger partial charge in [0.25, 0.3) is 0 Å². The highest BCUT2D eigenvalue weighted by atomic mass is 35.5. The minimum Gasteiger partial charge on any atom is -0.319 e. The number of rotatable bonds is 4. The molecule has 0 amide bonds. The van der Waals surface area contributed by atoms with E-state index in [-0.39, 0.29) is 12.4 Å². The maximum absolute atomic E-state index is 12.5. The lowest BCUT2D eigenvalue weighted by atomic mass is 10.1. The molecule has 0 spiro atoms. The molecule has 0 saturated carbocycles. The van der Waals surface area contributed by atoms with Gasteiger partial charge in [-0.25, -0.2) is 8.42 Å². The number of sulfonamides is 1. The van der Waals surface area contributed by atoms with Gasteiger partial charge in [-0.3, -0.25) is 0 Å². The maximum atomic E-state index is 12.5. The summed E-state index contributed by atoms with van der Waals surface area (Å²) in [5, 5.41) is 3.11. The Morgan fingerprint density at radius 2 is 2.05 bits per heavy atom. The molecule has 19 heavy (non-hydrogen) atoms. The van der Waals surface area contributed by atoms with E-state index >= 15 is 0 Å². The fraction of sp³-hybridized carbons (Fsp3) is 0.538. The van der Waals surface area contributed by atoms with Crippen LogP contribution in [-0.2, 0) is 10.0 Å². The molecule has 1 unspecified atom stereocenters. The van der Waals surface area contributed by atoms with Crippen LogP contribution in [-0.4, -0.2) is 39.4 Å². The van der Waals surface area contributed by atoms with E-state index in [1.165, 1.54) is 0 Å². The van der Waals surface area contributed by atoms with Crippen molar-refractivity contribution in [2.24, 2.45) is 5.92 Å². The van der Waals surface area contributed by atoms with Crippen LogP contribution in [0.1, 0.15) is 12.0 Å². The fourth-order valence-electron chi connectivity index (χ4n) is 2.46. The Bertz CT molecular complexity index is 519. The van der Waals surface area contributed by atoms with Gasteiger partial charge in [0.1, 0.15) is 0 Å². The van der Waals surface area contributed by atoms with Crippen LogP contribution in [0.25, 0.3) is 0 Å². The summed E-state index contributed by atoms with van der Waals surface area (Å²) >= 11 is 0. The van der Waals surface area contributed by atoms with E-state index < -0.39 is 10.0 Å². The van der Waals surface area contributed by atoms with Gasteiger partial charge in [0.2, 0.25) is 10.0 Å². The lowest BCUT2D eigenvalue weighted by Gasteiger charge is -2.18. The van der Waals surface area contributed by atoms with Gasteiger partial charge in [-0.15, -0.1) is 12.4 Å². The average Bonchev–Trinajstić information content (AvgIpc) is 2.79. The molecule has 108 valence electrons. The molecule has 1 saturated heterocycles. The molecule has 6 heteroatoms. The second-order valence-electron chi connectivity index (χ2n) is 4.84. The summed E-state index contributed by atoms with van der Waals surface area (Å²) in [5.41, 5.74) is 0.814. The van der Waals surface area contributed by atoms with E-state index in [0.717, 1.165) is 18.5 Å². The van der Waals surface area contributed by atoms with Gasteiger partial charge in [0.15, 0.2) is 0 Å². The zero-order valence-corrected chi connectivity index (χ0v) is 12.9. The Morgan fingerprint density at radius 3 is 2.68 bits per heavy atom. The first-order valence-corrected chi connectivity index (χ1v) is 7.70. The first-order valence-electron chi connectivity index (χ1n) is 6.26. The van der Waals surface area contributed by atoms with E-state index in [0.29, 0.717) is 23.9 Å². The first kappa shape index (κ1) is 16.4. The SMILES string of the molecule is CNCC1CCN(S(=O)(=O)c2ccccc2C)C1.Cl. The zero-order valence-electron chi connectivity index (χ0n) is 11.3. The topological polar surface area (TPSA) is 49.4 Å². The summed E-state index contributed by atoms with van der Waals surface area (Å²) in [6.07, 6.45) is 0.936. The molecule has 4 nitrogen and oxygen atoms in total. The first-order chi connectivity index (χ1) is 8.55. The molecule has 1 aliphatic rings. The molecule has 2 rings (SSSR count). The molecule has 1 aromatic carbocycles. The van der Waals surface area contributed by atoms with Crippen LogP contribution in [0.2, 0.25) is 0 Å². The van der Waals surface area contributed by atoms with Crippen LogP contribution in [0, 0.1) is 12.8 Å². The number of hydrogen-bond acceptors (Lipinski definition) is 3. The van der Waals surface area contributed by atoms with Gasteiger partial charge >= 0.3 is 0 Å². The van der Waals surface area contributed by atoms with Crippen molar-refractivity contribution in [2.75, 3.05) is 26.7 Å². The van der Waals surface area contributed by atoms with Gasteiger partial charge in [-0.2, -0.15) is 4.31 Å². The highest BCUT2D eigenvalue weighted by Crippen LogP contribution is 2.25. The fourth-order valence-corrected chi connectivity index (χ4v) is 4.21. The number of nitrogens with one attached hydrogen (secondary N) is 1. The van der Waals surface area contributed by atoms with Crippen molar-refractivity contribution in [2.45, 2.75) is 18.2 Å². The summed E-state index contributed by atoms with van der Waals surface area (Å²) in [7, 11) is -1.41. The highest BCUT2D eigenvalue weighted by molar-refractivity contribution is 7.89. The zero-order chi connectivity index (χ0) is 13.2. The predicted molar refractivity (Wildman–Crippen MR) is 79.2 cm³/mol. The molecule has 1 aliphatic heterocycles. The standard InChI is InChI=1S/C13H20N2O2S.ClH/c1-11-5-3-4-6-13(11)18(16,17)15-8-7-12(10-15)9-14-2;/h3-6,12,14H,7-10H2,1-2H3;1H. The second kappa shape index (κ2) is 6.70. The van der Waals surface area contributed by atoms with Gasteiger partial charge in [0, 0.05) is 13.1 Å². The number of hydrogen-bond donors (Lipinski definition) is 1. The van der Waals surface area contributed by atoms with E-state index in [4.69, 9.17) is 0 Å². The smallest absolute Gasteiger partial charge is 0.243 e. The van der Waals surface area contributed by atoms with Crippen molar-refractivity contribution in [3.63, 3.8) is 0 Å². The van der Waals surface area contributed by atoms with Crippen molar-refractivity contribution in [3.8, 4) is 0 Å². The molecule has 0 radical (unpaired) electrons. The molecule has 1 fully saturated rings. The molecule has 1 heterocycles. The maximum Gasteiger partial charge on any atom is 0.243 e. The molecular formula is C13H21ClN2O2S. The van der Waals surface area contributed by atoms with Crippen LogP contribution in [0.15, 0.2) is 29.2 Å². The highest BCUT2D eigenvalue weighted by Gasteiger charge is 2.32. The number of nitrogens with zero attached hydrogens (tertiary/aromatic N) is 1. The normalized spacial score (nSPS) is 20.2. The Hall–Kier alpha value is -0.620. The van der Waals surface area contributed by atoms with Crippen LogP contribution in [0.3, 0.4) is 0 Å². The molecular weight excluding hydrogens is 284 g/mol. The monoisotopic (exact) mass is 304 g/mol. The Kier molecular flexibility index (Phi) is 5.80. The molecule has 0 bridgehead atoms. The summed E-state index contributed by atoms with van der Waals surface area (Å²) in [6.45, 7) is 3.97. The minimum atomic E-state index is -3.32. The summed E-state index contributed by atoms with van der Waals surface area (Å²) < 4.78 is 26.6. The van der Waals surface area contributed by atoms with Crippen molar-refractivity contribution in [1.29, 1.82) is 0 Å². The Labute approximate surface area is 121 Å². The third kappa shape index (κ3) is 3.48. The van der Waals surface area contributed by atoms with Crippen LogP contribution < -0.4 is 5.32 Å². The van der Waals surface area contributed by atoms with Crippen molar-refractivity contribution in [3.05, 3.63) is 29.8 Å². The Morgan fingerprint density at radius 1 is 1.37 bits per heavy atom. The lowest BCUT2D eigenvalue weighted by molar-refractivity contribution is 0.451. The predicted octanol–water partition coefficient (Wildman–Crippen LogP) is 1.65. The largest absolute Gasteiger partial charge is 0.319 e. The van der Waals surface area contributed by atoms with Gasteiger partial charge < -0.3 is 5.32 Å². The molecule has 0 aromatic heterocycles. The third-order valence-electron chi connectivity index (χ3n) is 3.45. The van der Waals surface area contributed by atoms with Crippen LogP contribution >= 0.6 is 12.4 Å². The van der Waals surface area contributed by atoms with Crippen molar-refractivity contribution < 1.29 is 8.42 Å². The number of halogens is 1. The molecule has 1 aromatic rings. The van der Waals surface area contributed by atoms with E-state index in [2.05, 4.69) is 5.32 Å². The van der Waals surface area contributed by atoms with Crippen molar-refractivity contribution in [1.82, 2.24) is 9.62 Å². The van der Waals surface area contributed by atoms with E-state index in [1.807, 2.05) is 26.1 Å². The van der Waals surface area contributed by atoms with Crippen LogP contribution in [0.5, 0.6) is 0 Å². The number of benzene rings is 1. The molecule has 0 aliphatic carbocycles. The Balaban J connectivity index is 0.00000180. The number of aryl methyl sites for hydroxylation is 1. The van der Waals surface area contributed by atoms with Crippen molar-refractivity contribution >= 4 is 22.4 Å². The lowest BCUT2D eigenvalue weighted by Crippen LogP contribution is -2.30. The van der Waals surface area contributed by atoms with E-state index in [9.17, 15) is 8.42 Å². The van der Waals surface area contributed by atoms with Gasteiger partial charge in [-0.05, 0) is 44.5 Å². The third-order valence-corrected chi connectivity index (χ3v) is 5.48. The summed E-state index contributed by atoms with van der Waals surface area (Å²) in [6, 6.07) is 7.17. The molecule has 1 atom stereocenters. The molecule has 1 N–H and O–H groups in total. The van der Waals surface area contributed by atoms with E-state index in [1.54, 1.807) is 16.4 Å². The summed E-state index contributed by atoms with van der Waals surface area (Å²) in [4.78, 5) is 0.440. The average molecular weight is 305 g/mol. The quantitative estimate of drug-likeness (QED) is 0.920. The second-order valence-corrected chi connectivity index (χ2v) is 6.75. The van der Waals surface area contributed by atoms with Gasteiger partial charge in [0.05, 0.1) is 4.90 Å². The summed E-state index contributed by atoms with van der Waals surface area (Å²) in [5.74, 6) is 0.425. The minimum absolute atomic E-state index is 0. The van der Waals surface area contributed by atoms with Gasteiger partial charge in [-0.1, -0.05) is 18.2 Å². The van der Waals surface area contributed by atoms with Crippen LogP contribution in [0.4, 0.5) is 0 Å².